The summed E-state index contributed by atoms with van der Waals surface area (Å²) in [5.41, 5.74) is 9.37. The van der Waals surface area contributed by atoms with Crippen LogP contribution in [0.1, 0.15) is 94.8 Å². The van der Waals surface area contributed by atoms with Crippen molar-refractivity contribution < 1.29 is 14.4 Å². The monoisotopic (exact) mass is 494 g/mol. The van der Waals surface area contributed by atoms with Crippen molar-refractivity contribution in [3.8, 4) is 0 Å². The minimum atomic E-state index is -0.471. The Bertz CT molecular complexity index is 1470. The summed E-state index contributed by atoms with van der Waals surface area (Å²) in [5.74, 6) is 0.216. The van der Waals surface area contributed by atoms with Crippen LogP contribution in [0, 0.1) is 23.2 Å². The number of ketones is 3. The summed E-state index contributed by atoms with van der Waals surface area (Å²) in [7, 11) is 0. The van der Waals surface area contributed by atoms with Gasteiger partial charge in [-0.1, -0.05) is 62.8 Å². The second kappa shape index (κ2) is 7.96. The summed E-state index contributed by atoms with van der Waals surface area (Å²) in [6, 6.07) is 4.14. The van der Waals surface area contributed by atoms with E-state index in [-0.39, 0.29) is 28.2 Å². The molecule has 0 bridgehead atoms. The Morgan fingerprint density at radius 2 is 1.65 bits per heavy atom. The Kier molecular flexibility index (Phi) is 5.50. The van der Waals surface area contributed by atoms with E-state index in [9.17, 15) is 14.4 Å². The molecule has 0 unspecified atom stereocenters. The quantitative estimate of drug-likeness (QED) is 0.434. The lowest BCUT2D eigenvalue weighted by Gasteiger charge is -2.61. The number of aryl methyl sites for hydroxylation is 1. The van der Waals surface area contributed by atoms with E-state index >= 15 is 0 Å². The van der Waals surface area contributed by atoms with E-state index in [0.717, 1.165) is 80.5 Å². The molecule has 0 heterocycles. The van der Waals surface area contributed by atoms with Gasteiger partial charge in [0.15, 0.2) is 17.3 Å². The smallest absolute Gasteiger partial charge is 0.190 e. The highest BCUT2D eigenvalue weighted by molar-refractivity contribution is 6.15. The van der Waals surface area contributed by atoms with Crippen LogP contribution in [0.4, 0.5) is 0 Å². The molecule has 1 aromatic carbocycles. The average molecular weight is 495 g/mol. The highest BCUT2D eigenvalue weighted by atomic mass is 16.1. The van der Waals surface area contributed by atoms with Crippen molar-refractivity contribution >= 4 is 22.9 Å². The molecule has 0 amide bonds. The SMILES string of the molecule is C=C1C(C(C)=O)=C(C)C[C@@]2(C)C[C@@]3(C)Cc4c(C5=C(C(C)=O)C=CC5)ccc(C)c4C(=O)C3=C(C)[C@@]12C. The predicted molar refractivity (Wildman–Crippen MR) is 149 cm³/mol. The van der Waals surface area contributed by atoms with Crippen LogP contribution in [-0.2, 0) is 16.0 Å². The molecule has 192 valence electrons. The Morgan fingerprint density at radius 1 is 0.973 bits per heavy atom. The first-order chi connectivity index (χ1) is 17.2. The van der Waals surface area contributed by atoms with Crippen LogP contribution in [0.3, 0.4) is 0 Å². The number of hydrogen-bond donors (Lipinski definition) is 0. The maximum Gasteiger partial charge on any atom is 0.190 e. The van der Waals surface area contributed by atoms with E-state index in [4.69, 9.17) is 0 Å². The number of carbonyl (C=O) groups is 3. The minimum absolute atomic E-state index is 0.0532. The van der Waals surface area contributed by atoms with Crippen LogP contribution >= 0.6 is 0 Å². The Hall–Kier alpha value is -3.07. The fourth-order valence-electron chi connectivity index (χ4n) is 8.55. The van der Waals surface area contributed by atoms with Gasteiger partial charge in [0.2, 0.25) is 0 Å². The van der Waals surface area contributed by atoms with Gasteiger partial charge in [-0.2, -0.15) is 0 Å². The molecule has 4 aliphatic rings. The van der Waals surface area contributed by atoms with Crippen LogP contribution in [-0.4, -0.2) is 17.3 Å². The molecule has 0 radical (unpaired) electrons. The lowest BCUT2D eigenvalue weighted by Crippen LogP contribution is -2.54. The summed E-state index contributed by atoms with van der Waals surface area (Å²) in [4.78, 5) is 39.6. The highest BCUT2D eigenvalue weighted by Gasteiger charge is 2.61. The zero-order valence-electron chi connectivity index (χ0n) is 23.6. The summed E-state index contributed by atoms with van der Waals surface area (Å²) in [6.07, 6.45) is 7.08. The topological polar surface area (TPSA) is 51.2 Å². The maximum atomic E-state index is 14.5. The zero-order chi connectivity index (χ0) is 27.2. The summed E-state index contributed by atoms with van der Waals surface area (Å²) in [5, 5.41) is 0. The number of benzene rings is 1. The molecule has 3 atom stereocenters. The maximum absolute atomic E-state index is 14.5. The summed E-state index contributed by atoms with van der Waals surface area (Å²) in [6.45, 7) is 20.7. The number of fused-ring (bicyclic) bond motifs is 3. The predicted octanol–water partition coefficient (Wildman–Crippen LogP) is 7.64. The highest BCUT2D eigenvalue weighted by Crippen LogP contribution is 2.68. The van der Waals surface area contributed by atoms with Gasteiger partial charge < -0.3 is 0 Å². The van der Waals surface area contributed by atoms with Crippen molar-refractivity contribution in [1.82, 2.24) is 0 Å². The van der Waals surface area contributed by atoms with Crippen molar-refractivity contribution in [3.05, 3.63) is 86.6 Å². The normalized spacial score (nSPS) is 31.0. The fourth-order valence-corrected chi connectivity index (χ4v) is 8.55. The van der Waals surface area contributed by atoms with Crippen molar-refractivity contribution in [2.24, 2.45) is 16.2 Å². The second-order valence-corrected chi connectivity index (χ2v) is 12.6. The largest absolute Gasteiger partial charge is 0.295 e. The fraction of sp³-hybridized carbons (Fsp3) is 0.441. The molecule has 3 heteroatoms. The van der Waals surface area contributed by atoms with Gasteiger partial charge in [-0.05, 0) is 93.6 Å². The van der Waals surface area contributed by atoms with Crippen molar-refractivity contribution in [2.45, 2.75) is 81.1 Å². The molecular formula is C34H38O3. The van der Waals surface area contributed by atoms with E-state index < -0.39 is 5.41 Å². The second-order valence-electron chi connectivity index (χ2n) is 12.6. The number of Topliss-reactive ketones (excluding diaryl/α,β-unsaturated/α-hetero) is 3. The minimum Gasteiger partial charge on any atom is -0.295 e. The van der Waals surface area contributed by atoms with Crippen molar-refractivity contribution in [2.75, 3.05) is 0 Å². The van der Waals surface area contributed by atoms with Crippen LogP contribution < -0.4 is 0 Å². The van der Waals surface area contributed by atoms with Gasteiger partial charge in [0, 0.05) is 33.1 Å². The van der Waals surface area contributed by atoms with E-state index in [1.807, 2.05) is 25.1 Å². The van der Waals surface area contributed by atoms with Crippen molar-refractivity contribution in [3.63, 3.8) is 0 Å². The number of allylic oxidation sites excluding steroid dienone is 9. The van der Waals surface area contributed by atoms with Crippen LogP contribution in [0.2, 0.25) is 0 Å². The lowest BCUT2D eigenvalue weighted by molar-refractivity contribution is -0.114. The van der Waals surface area contributed by atoms with E-state index in [1.165, 1.54) is 0 Å². The van der Waals surface area contributed by atoms with Gasteiger partial charge >= 0.3 is 0 Å². The summed E-state index contributed by atoms with van der Waals surface area (Å²) < 4.78 is 0. The first kappa shape index (κ1) is 25.6. The lowest BCUT2D eigenvalue weighted by atomic mass is 9.42. The molecule has 3 nitrogen and oxygen atoms in total. The molecule has 0 saturated heterocycles. The van der Waals surface area contributed by atoms with Crippen molar-refractivity contribution in [1.29, 1.82) is 0 Å². The molecule has 37 heavy (non-hydrogen) atoms. The third-order valence-corrected chi connectivity index (χ3v) is 10.2. The van der Waals surface area contributed by atoms with Gasteiger partial charge in [-0.15, -0.1) is 0 Å². The number of hydrogen-bond acceptors (Lipinski definition) is 3. The third kappa shape index (κ3) is 3.22. The van der Waals surface area contributed by atoms with Gasteiger partial charge in [0.25, 0.3) is 0 Å². The molecule has 0 saturated carbocycles. The molecule has 0 fully saturated rings. The molecule has 0 aliphatic heterocycles. The Morgan fingerprint density at radius 3 is 2.27 bits per heavy atom. The van der Waals surface area contributed by atoms with E-state index in [2.05, 4.69) is 47.3 Å². The molecule has 5 rings (SSSR count). The average Bonchev–Trinajstić information content (AvgIpc) is 3.26. The zero-order valence-corrected chi connectivity index (χ0v) is 23.6. The molecule has 4 aliphatic carbocycles. The van der Waals surface area contributed by atoms with Gasteiger partial charge in [-0.25, -0.2) is 0 Å². The van der Waals surface area contributed by atoms with Crippen LogP contribution in [0.5, 0.6) is 0 Å². The standard InChI is InChI=1S/C34H38O3/c1-18-13-14-26(25-12-10-11-24(25)22(5)35)27-16-32(7)17-33(8)15-19(2)28(23(6)36)20(3)34(33,9)21(4)30(32)31(37)29(18)27/h10-11,13-14H,3,12,15-17H2,1-2,4-9H3/t32-,33+,34-/m1/s1. The third-order valence-electron chi connectivity index (χ3n) is 10.2. The van der Waals surface area contributed by atoms with E-state index in [0.29, 0.717) is 6.42 Å². The molecule has 0 N–H and O–H groups in total. The molecule has 0 spiro atoms. The summed E-state index contributed by atoms with van der Waals surface area (Å²) >= 11 is 0. The Balaban J connectivity index is 1.77. The van der Waals surface area contributed by atoms with Crippen LogP contribution in [0.25, 0.3) is 5.57 Å². The first-order valence-electron chi connectivity index (χ1n) is 13.4. The van der Waals surface area contributed by atoms with Gasteiger partial charge in [0.05, 0.1) is 0 Å². The molecular weight excluding hydrogens is 456 g/mol. The van der Waals surface area contributed by atoms with Crippen LogP contribution in [0.15, 0.2) is 64.3 Å². The van der Waals surface area contributed by atoms with Gasteiger partial charge in [0.1, 0.15) is 0 Å². The number of rotatable bonds is 3. The first-order valence-corrected chi connectivity index (χ1v) is 13.4. The van der Waals surface area contributed by atoms with Gasteiger partial charge in [-0.3, -0.25) is 14.4 Å². The molecule has 1 aromatic rings. The van der Waals surface area contributed by atoms with E-state index in [1.54, 1.807) is 13.8 Å². The number of carbonyl (C=O) groups excluding carboxylic acids is 3. The Labute approximate surface area is 221 Å². The molecule has 0 aromatic heterocycles.